The second kappa shape index (κ2) is 9.30. The summed E-state index contributed by atoms with van der Waals surface area (Å²) in [4.78, 5) is 24.7. The SMILES string of the molecule is COc1ncccc1-c1ccc(O)c(-c2nc3ccc(C(=O)NC(CO)C(C)C)cc3[nH]2)c1. The van der Waals surface area contributed by atoms with E-state index >= 15 is 0 Å². The minimum atomic E-state index is -0.324. The van der Waals surface area contributed by atoms with E-state index in [1.165, 1.54) is 0 Å². The number of pyridine rings is 1. The van der Waals surface area contributed by atoms with E-state index < -0.39 is 0 Å². The van der Waals surface area contributed by atoms with Gasteiger partial charge in [-0.05, 0) is 53.9 Å². The Bertz CT molecular complexity index is 1300. The lowest BCUT2D eigenvalue weighted by Gasteiger charge is -2.19. The predicted molar refractivity (Wildman–Crippen MR) is 126 cm³/mol. The average Bonchev–Trinajstić information content (AvgIpc) is 3.25. The molecule has 1 unspecified atom stereocenters. The lowest BCUT2D eigenvalue weighted by molar-refractivity contribution is 0.0897. The number of phenolic OH excluding ortho intramolecular Hbond substituents is 1. The van der Waals surface area contributed by atoms with Crippen LogP contribution in [0, 0.1) is 5.92 Å². The van der Waals surface area contributed by atoms with E-state index in [4.69, 9.17) is 4.74 Å². The number of aromatic nitrogens is 3. The van der Waals surface area contributed by atoms with E-state index in [0.717, 1.165) is 11.1 Å². The first-order chi connectivity index (χ1) is 15.9. The van der Waals surface area contributed by atoms with Crippen LogP contribution in [0.3, 0.4) is 0 Å². The monoisotopic (exact) mass is 446 g/mol. The first-order valence-electron chi connectivity index (χ1n) is 10.7. The molecule has 8 nitrogen and oxygen atoms in total. The van der Waals surface area contributed by atoms with Crippen LogP contribution in [0.2, 0.25) is 0 Å². The molecule has 0 fully saturated rings. The number of benzene rings is 2. The molecule has 4 aromatic rings. The summed E-state index contributed by atoms with van der Waals surface area (Å²) in [6.45, 7) is 3.75. The molecule has 0 aliphatic rings. The highest BCUT2D eigenvalue weighted by Crippen LogP contribution is 2.35. The molecule has 8 heteroatoms. The van der Waals surface area contributed by atoms with Crippen molar-refractivity contribution in [1.82, 2.24) is 20.3 Å². The molecular weight excluding hydrogens is 420 g/mol. The number of imidazole rings is 1. The summed E-state index contributed by atoms with van der Waals surface area (Å²) in [7, 11) is 1.56. The van der Waals surface area contributed by atoms with Crippen molar-refractivity contribution < 1.29 is 19.7 Å². The first kappa shape index (κ1) is 22.3. The van der Waals surface area contributed by atoms with Gasteiger partial charge < -0.3 is 25.3 Å². The van der Waals surface area contributed by atoms with Gasteiger partial charge in [0.2, 0.25) is 5.88 Å². The number of fused-ring (bicyclic) bond motifs is 1. The van der Waals surface area contributed by atoms with Crippen molar-refractivity contribution in [3.05, 3.63) is 60.3 Å². The Morgan fingerprint density at radius 1 is 1.15 bits per heavy atom. The number of hydrogen-bond acceptors (Lipinski definition) is 6. The number of phenols is 1. The smallest absolute Gasteiger partial charge is 0.251 e. The molecule has 33 heavy (non-hydrogen) atoms. The van der Waals surface area contributed by atoms with Crippen molar-refractivity contribution in [3.8, 4) is 34.1 Å². The van der Waals surface area contributed by atoms with Crippen molar-refractivity contribution in [2.24, 2.45) is 5.92 Å². The number of amides is 1. The summed E-state index contributed by atoms with van der Waals surface area (Å²) in [5.41, 5.74) is 3.90. The molecule has 0 spiro atoms. The average molecular weight is 447 g/mol. The molecule has 4 rings (SSSR count). The number of nitrogens with one attached hydrogen (secondary N) is 2. The molecule has 0 saturated carbocycles. The Morgan fingerprint density at radius 3 is 2.70 bits per heavy atom. The maximum Gasteiger partial charge on any atom is 0.251 e. The van der Waals surface area contributed by atoms with Gasteiger partial charge >= 0.3 is 0 Å². The van der Waals surface area contributed by atoms with E-state index in [2.05, 4.69) is 20.3 Å². The van der Waals surface area contributed by atoms with Crippen molar-refractivity contribution in [3.63, 3.8) is 0 Å². The Hall–Kier alpha value is -3.91. The quantitative estimate of drug-likeness (QED) is 0.343. The lowest BCUT2D eigenvalue weighted by atomic mass is 10.0. The number of ether oxygens (including phenoxy) is 1. The number of aromatic hydroxyl groups is 1. The van der Waals surface area contributed by atoms with Crippen LogP contribution in [0.25, 0.3) is 33.5 Å². The zero-order valence-corrected chi connectivity index (χ0v) is 18.7. The van der Waals surface area contributed by atoms with Gasteiger partial charge in [0, 0.05) is 17.3 Å². The predicted octanol–water partition coefficient (Wildman–Crippen LogP) is 3.75. The highest BCUT2D eigenvalue weighted by Gasteiger charge is 2.18. The zero-order chi connectivity index (χ0) is 23.5. The van der Waals surface area contributed by atoms with Crippen molar-refractivity contribution in [2.75, 3.05) is 13.7 Å². The van der Waals surface area contributed by atoms with Crippen molar-refractivity contribution in [2.45, 2.75) is 19.9 Å². The second-order valence-corrected chi connectivity index (χ2v) is 8.12. The molecule has 170 valence electrons. The molecule has 2 aromatic heterocycles. The van der Waals surface area contributed by atoms with Crippen LogP contribution in [0.4, 0.5) is 0 Å². The number of H-pyrrole nitrogens is 1. The van der Waals surface area contributed by atoms with Gasteiger partial charge in [-0.1, -0.05) is 19.9 Å². The van der Waals surface area contributed by atoms with Crippen LogP contribution in [-0.2, 0) is 0 Å². The van der Waals surface area contributed by atoms with E-state index in [1.807, 2.05) is 32.0 Å². The molecular formula is C25H26N4O4. The number of hydrogen-bond donors (Lipinski definition) is 4. The van der Waals surface area contributed by atoms with Crippen LogP contribution >= 0.6 is 0 Å². The van der Waals surface area contributed by atoms with Gasteiger partial charge in [0.15, 0.2) is 0 Å². The number of carbonyl (C=O) groups excluding carboxylic acids is 1. The van der Waals surface area contributed by atoms with Crippen LogP contribution in [0.5, 0.6) is 11.6 Å². The Kier molecular flexibility index (Phi) is 6.28. The molecule has 0 radical (unpaired) electrons. The maximum absolute atomic E-state index is 12.6. The molecule has 0 saturated heterocycles. The Labute approximate surface area is 191 Å². The van der Waals surface area contributed by atoms with Crippen LogP contribution in [-0.4, -0.2) is 50.8 Å². The van der Waals surface area contributed by atoms with Gasteiger partial charge in [0.25, 0.3) is 5.91 Å². The Balaban J connectivity index is 1.69. The summed E-state index contributed by atoms with van der Waals surface area (Å²) < 4.78 is 5.36. The van der Waals surface area contributed by atoms with Gasteiger partial charge in [-0.3, -0.25) is 4.79 Å². The molecule has 1 amide bonds. The van der Waals surface area contributed by atoms with E-state index in [1.54, 1.807) is 43.6 Å². The van der Waals surface area contributed by atoms with Crippen LogP contribution < -0.4 is 10.1 Å². The number of carbonyl (C=O) groups is 1. The topological polar surface area (TPSA) is 120 Å². The summed E-state index contributed by atoms with van der Waals surface area (Å²) in [5.74, 6) is 0.864. The van der Waals surface area contributed by atoms with Gasteiger partial charge in [-0.15, -0.1) is 0 Å². The van der Waals surface area contributed by atoms with Gasteiger partial charge in [0.05, 0.1) is 36.4 Å². The summed E-state index contributed by atoms with van der Waals surface area (Å²) in [5, 5.41) is 22.9. The standard InChI is InChI=1S/C25H26N4O4/c1-14(2)21(13-30)29-24(32)16-6-8-19-20(12-16)28-23(27-19)18-11-15(7-9-22(18)31)17-5-4-10-26-25(17)33-3/h4-12,14,21,30-31H,13H2,1-3H3,(H,27,28)(H,29,32). The molecule has 2 aromatic carbocycles. The van der Waals surface area contributed by atoms with E-state index in [-0.39, 0.29) is 30.2 Å². The molecule has 0 aliphatic heterocycles. The van der Waals surface area contributed by atoms with Gasteiger partial charge in [-0.25, -0.2) is 9.97 Å². The normalized spacial score (nSPS) is 12.2. The third kappa shape index (κ3) is 4.51. The second-order valence-electron chi connectivity index (χ2n) is 8.12. The third-order valence-corrected chi connectivity index (χ3v) is 5.59. The number of aliphatic hydroxyl groups excluding tert-OH is 1. The number of rotatable bonds is 7. The Morgan fingerprint density at radius 2 is 1.97 bits per heavy atom. The first-order valence-corrected chi connectivity index (χ1v) is 10.7. The highest BCUT2D eigenvalue weighted by molar-refractivity contribution is 5.98. The minimum Gasteiger partial charge on any atom is -0.507 e. The third-order valence-electron chi connectivity index (χ3n) is 5.59. The molecule has 0 aliphatic carbocycles. The fourth-order valence-electron chi connectivity index (χ4n) is 3.62. The maximum atomic E-state index is 12.6. The van der Waals surface area contributed by atoms with Crippen LogP contribution in [0.15, 0.2) is 54.7 Å². The van der Waals surface area contributed by atoms with Crippen molar-refractivity contribution in [1.29, 1.82) is 0 Å². The summed E-state index contributed by atoms with van der Waals surface area (Å²) in [6.07, 6.45) is 1.65. The van der Waals surface area contributed by atoms with Crippen LogP contribution in [0.1, 0.15) is 24.2 Å². The zero-order valence-electron chi connectivity index (χ0n) is 18.7. The molecule has 0 bridgehead atoms. The fourth-order valence-corrected chi connectivity index (χ4v) is 3.62. The molecule has 1 atom stereocenters. The number of nitrogens with zero attached hydrogens (tertiary/aromatic N) is 2. The highest BCUT2D eigenvalue weighted by atomic mass is 16.5. The van der Waals surface area contributed by atoms with E-state index in [9.17, 15) is 15.0 Å². The number of methoxy groups -OCH3 is 1. The van der Waals surface area contributed by atoms with Gasteiger partial charge in [-0.2, -0.15) is 0 Å². The molecule has 2 heterocycles. The molecule has 4 N–H and O–H groups in total. The number of aromatic amines is 1. The van der Waals surface area contributed by atoms with E-state index in [0.29, 0.717) is 33.9 Å². The minimum absolute atomic E-state index is 0.0707. The summed E-state index contributed by atoms with van der Waals surface area (Å²) >= 11 is 0. The van der Waals surface area contributed by atoms with Crippen molar-refractivity contribution >= 4 is 16.9 Å². The lowest BCUT2D eigenvalue weighted by Crippen LogP contribution is -2.41. The summed E-state index contributed by atoms with van der Waals surface area (Å²) in [6, 6.07) is 13.7. The fraction of sp³-hybridized carbons (Fsp3) is 0.240. The largest absolute Gasteiger partial charge is 0.507 e. The number of aliphatic hydroxyl groups is 1. The van der Waals surface area contributed by atoms with Gasteiger partial charge in [0.1, 0.15) is 11.6 Å².